The SMILES string of the molecule is CN(C)CCOCCn1c(=O)oc2ccc(Br)cc21. The summed E-state index contributed by atoms with van der Waals surface area (Å²) in [5, 5.41) is 0. The molecule has 0 N–H and O–H groups in total. The van der Waals surface area contributed by atoms with E-state index in [-0.39, 0.29) is 5.76 Å². The molecule has 0 bridgehead atoms. The Labute approximate surface area is 119 Å². The minimum Gasteiger partial charge on any atom is -0.408 e. The third-order valence-corrected chi connectivity index (χ3v) is 3.26. The number of benzene rings is 1. The summed E-state index contributed by atoms with van der Waals surface area (Å²) < 4.78 is 13.2. The lowest BCUT2D eigenvalue weighted by Crippen LogP contribution is -2.21. The molecular weight excluding hydrogens is 312 g/mol. The van der Waals surface area contributed by atoms with Crippen molar-refractivity contribution >= 4 is 27.0 Å². The van der Waals surface area contributed by atoms with Crippen LogP contribution < -0.4 is 5.76 Å². The van der Waals surface area contributed by atoms with Crippen molar-refractivity contribution in [3.8, 4) is 0 Å². The lowest BCUT2D eigenvalue weighted by Gasteiger charge is -2.09. The van der Waals surface area contributed by atoms with E-state index in [1.165, 1.54) is 0 Å². The van der Waals surface area contributed by atoms with Gasteiger partial charge in [0.25, 0.3) is 0 Å². The highest BCUT2D eigenvalue weighted by Gasteiger charge is 2.09. The predicted molar refractivity (Wildman–Crippen MR) is 77.5 cm³/mol. The molecule has 6 heteroatoms. The third-order valence-electron chi connectivity index (χ3n) is 2.77. The Morgan fingerprint density at radius 3 is 2.89 bits per heavy atom. The Bertz CT molecular complexity index is 603. The molecule has 0 saturated heterocycles. The second-order valence-electron chi connectivity index (χ2n) is 4.55. The molecule has 5 nitrogen and oxygen atoms in total. The molecule has 0 fully saturated rings. The maximum absolute atomic E-state index is 11.7. The van der Waals surface area contributed by atoms with E-state index in [9.17, 15) is 4.79 Å². The van der Waals surface area contributed by atoms with Crippen molar-refractivity contribution in [1.29, 1.82) is 0 Å². The van der Waals surface area contributed by atoms with Gasteiger partial charge in [-0.15, -0.1) is 0 Å². The maximum atomic E-state index is 11.7. The largest absolute Gasteiger partial charge is 0.420 e. The molecule has 0 amide bonds. The van der Waals surface area contributed by atoms with Gasteiger partial charge in [0, 0.05) is 11.0 Å². The van der Waals surface area contributed by atoms with Crippen LogP contribution in [0.5, 0.6) is 0 Å². The van der Waals surface area contributed by atoms with Gasteiger partial charge < -0.3 is 14.1 Å². The van der Waals surface area contributed by atoms with Crippen LogP contribution in [0.15, 0.2) is 31.9 Å². The molecule has 1 heterocycles. The van der Waals surface area contributed by atoms with Gasteiger partial charge in [0.2, 0.25) is 0 Å². The zero-order valence-electron chi connectivity index (χ0n) is 11.1. The molecule has 1 aromatic heterocycles. The van der Waals surface area contributed by atoms with E-state index in [1.54, 1.807) is 10.6 Å². The average molecular weight is 329 g/mol. The normalized spacial score (nSPS) is 11.6. The summed E-state index contributed by atoms with van der Waals surface area (Å²) >= 11 is 3.39. The number of ether oxygens (including phenoxy) is 1. The van der Waals surface area contributed by atoms with Crippen LogP contribution in [0, 0.1) is 0 Å². The number of hydrogen-bond acceptors (Lipinski definition) is 4. The quantitative estimate of drug-likeness (QED) is 0.760. The van der Waals surface area contributed by atoms with Crippen molar-refractivity contribution in [3.63, 3.8) is 0 Å². The molecule has 0 aliphatic rings. The second kappa shape index (κ2) is 6.36. The molecule has 0 aliphatic heterocycles. The average Bonchev–Trinajstić information content (AvgIpc) is 2.65. The van der Waals surface area contributed by atoms with Crippen molar-refractivity contribution in [3.05, 3.63) is 33.2 Å². The number of likely N-dealkylation sites (N-methyl/N-ethyl adjacent to an activating group) is 1. The molecule has 19 heavy (non-hydrogen) atoms. The molecule has 0 aliphatic carbocycles. The monoisotopic (exact) mass is 328 g/mol. The number of halogens is 1. The van der Waals surface area contributed by atoms with Gasteiger partial charge in [0.15, 0.2) is 5.58 Å². The van der Waals surface area contributed by atoms with Gasteiger partial charge >= 0.3 is 5.76 Å². The van der Waals surface area contributed by atoms with Crippen molar-refractivity contribution in [1.82, 2.24) is 9.47 Å². The van der Waals surface area contributed by atoms with Gasteiger partial charge in [-0.2, -0.15) is 0 Å². The maximum Gasteiger partial charge on any atom is 0.420 e. The third kappa shape index (κ3) is 3.68. The second-order valence-corrected chi connectivity index (χ2v) is 5.46. The number of rotatable bonds is 6. The Balaban J connectivity index is 2.02. The first-order valence-electron chi connectivity index (χ1n) is 6.09. The number of aromatic nitrogens is 1. The predicted octanol–water partition coefficient (Wildman–Crippen LogP) is 1.94. The molecule has 0 unspecified atom stereocenters. The van der Waals surface area contributed by atoms with Crippen molar-refractivity contribution < 1.29 is 9.15 Å². The number of nitrogens with zero attached hydrogens (tertiary/aromatic N) is 2. The molecule has 2 aromatic rings. The highest BCUT2D eigenvalue weighted by atomic mass is 79.9. The van der Waals surface area contributed by atoms with Crippen LogP contribution >= 0.6 is 15.9 Å². The van der Waals surface area contributed by atoms with Crippen LogP contribution in [-0.4, -0.2) is 43.3 Å². The highest BCUT2D eigenvalue weighted by molar-refractivity contribution is 9.10. The molecule has 0 saturated carbocycles. The summed E-state index contributed by atoms with van der Waals surface area (Å²) in [7, 11) is 3.99. The zero-order valence-corrected chi connectivity index (χ0v) is 12.6. The smallest absolute Gasteiger partial charge is 0.408 e. The summed E-state index contributed by atoms with van der Waals surface area (Å²) in [6.45, 7) is 2.51. The van der Waals surface area contributed by atoms with E-state index in [0.29, 0.717) is 25.3 Å². The highest BCUT2D eigenvalue weighted by Crippen LogP contribution is 2.18. The lowest BCUT2D eigenvalue weighted by atomic mass is 10.3. The van der Waals surface area contributed by atoms with Crippen LogP contribution in [0.4, 0.5) is 0 Å². The van der Waals surface area contributed by atoms with Crippen LogP contribution in [0.2, 0.25) is 0 Å². The van der Waals surface area contributed by atoms with Crippen LogP contribution in [0.3, 0.4) is 0 Å². The first kappa shape index (κ1) is 14.3. The van der Waals surface area contributed by atoms with Crippen LogP contribution in [0.25, 0.3) is 11.1 Å². The van der Waals surface area contributed by atoms with Crippen molar-refractivity contribution in [2.45, 2.75) is 6.54 Å². The van der Waals surface area contributed by atoms with Crippen LogP contribution in [-0.2, 0) is 11.3 Å². The zero-order chi connectivity index (χ0) is 13.8. The van der Waals surface area contributed by atoms with Gasteiger partial charge in [0.05, 0.1) is 25.3 Å². The van der Waals surface area contributed by atoms with E-state index >= 15 is 0 Å². The molecule has 2 rings (SSSR count). The molecule has 1 aromatic carbocycles. The fraction of sp³-hybridized carbons (Fsp3) is 0.462. The Morgan fingerprint density at radius 1 is 1.37 bits per heavy atom. The van der Waals surface area contributed by atoms with E-state index in [2.05, 4.69) is 20.8 Å². The first-order valence-corrected chi connectivity index (χ1v) is 6.88. The summed E-state index contributed by atoms with van der Waals surface area (Å²) in [6, 6.07) is 5.51. The van der Waals surface area contributed by atoms with E-state index in [4.69, 9.17) is 9.15 Å². The summed E-state index contributed by atoms with van der Waals surface area (Å²) in [4.78, 5) is 13.8. The summed E-state index contributed by atoms with van der Waals surface area (Å²) in [5.74, 6) is -0.343. The number of hydrogen-bond donors (Lipinski definition) is 0. The first-order chi connectivity index (χ1) is 9.08. The van der Waals surface area contributed by atoms with Gasteiger partial charge in [-0.05, 0) is 32.3 Å². The van der Waals surface area contributed by atoms with Gasteiger partial charge in [0.1, 0.15) is 0 Å². The van der Waals surface area contributed by atoms with E-state index < -0.39 is 0 Å². The molecule has 0 atom stereocenters. The van der Waals surface area contributed by atoms with E-state index in [0.717, 1.165) is 16.5 Å². The molecule has 104 valence electrons. The fourth-order valence-electron chi connectivity index (χ4n) is 1.75. The fourth-order valence-corrected chi connectivity index (χ4v) is 2.10. The van der Waals surface area contributed by atoms with E-state index in [1.807, 2.05) is 26.2 Å². The number of oxazole rings is 1. The van der Waals surface area contributed by atoms with Gasteiger partial charge in [-0.1, -0.05) is 15.9 Å². The molecular formula is C13H17BrN2O3. The Kier molecular flexibility index (Phi) is 4.79. The standard InChI is InChI=1S/C13H17BrN2O3/c1-15(2)5-7-18-8-6-16-11-9-10(14)3-4-12(11)19-13(16)17/h3-4,9H,5-8H2,1-2H3. The topological polar surface area (TPSA) is 47.6 Å². The molecule has 0 spiro atoms. The van der Waals surface area contributed by atoms with Crippen molar-refractivity contribution in [2.75, 3.05) is 33.9 Å². The van der Waals surface area contributed by atoms with Crippen molar-refractivity contribution in [2.24, 2.45) is 0 Å². The minimum absolute atomic E-state index is 0.343. The number of fused-ring (bicyclic) bond motifs is 1. The Morgan fingerprint density at radius 2 is 2.16 bits per heavy atom. The van der Waals surface area contributed by atoms with Gasteiger partial charge in [-0.3, -0.25) is 4.57 Å². The van der Waals surface area contributed by atoms with Crippen LogP contribution in [0.1, 0.15) is 0 Å². The lowest BCUT2D eigenvalue weighted by molar-refractivity contribution is 0.110. The van der Waals surface area contributed by atoms with Gasteiger partial charge in [-0.25, -0.2) is 4.79 Å². The minimum atomic E-state index is -0.343. The summed E-state index contributed by atoms with van der Waals surface area (Å²) in [5.41, 5.74) is 1.39. The summed E-state index contributed by atoms with van der Waals surface area (Å²) in [6.07, 6.45) is 0. The Hall–Kier alpha value is -1.11. The molecule has 0 radical (unpaired) electrons.